The lowest BCUT2D eigenvalue weighted by molar-refractivity contribution is -0.143. The molecule has 40 heavy (non-hydrogen) atoms. The number of carbonyl (C=O) groups is 5. The highest BCUT2D eigenvalue weighted by molar-refractivity contribution is 7.09. The summed E-state index contributed by atoms with van der Waals surface area (Å²) in [5.41, 5.74) is 4.60. The molecule has 5 amide bonds. The molecule has 0 bridgehead atoms. The summed E-state index contributed by atoms with van der Waals surface area (Å²) in [7, 11) is 0. The molecule has 2 heterocycles. The molecule has 1 aromatic rings. The molecule has 1 saturated carbocycles. The summed E-state index contributed by atoms with van der Waals surface area (Å²) in [6.45, 7) is 9.95. The van der Waals surface area contributed by atoms with Crippen molar-refractivity contribution < 1.29 is 24.0 Å². The maximum atomic E-state index is 13.8. The topological polar surface area (TPSA) is 164 Å². The zero-order chi connectivity index (χ0) is 29.6. The molecular formula is C28H44N6O5S. The standard InChI is InChI=1S/C28H44N6O5S/c1-16(2)18(15-21-30-11-13-40-21)32-27(39)33-23(28(3,4)5)26(38)34-12-7-10-20(34)25(37)31-19(22(35)24(29)36)14-17-8-6-9-17/h11,13,16-20,23H,6-10,12,14-15H2,1-5H3,(H2,29,36)(H,31,37)(H2,32,33,39)/t18?,19?,20-,23?/m0/s1. The molecule has 1 aliphatic carbocycles. The van der Waals surface area contributed by atoms with Gasteiger partial charge in [0.05, 0.1) is 11.0 Å². The van der Waals surface area contributed by atoms with Crippen molar-refractivity contribution in [3.63, 3.8) is 0 Å². The van der Waals surface area contributed by atoms with Crippen molar-refractivity contribution in [2.75, 3.05) is 6.54 Å². The van der Waals surface area contributed by atoms with E-state index in [4.69, 9.17) is 5.73 Å². The van der Waals surface area contributed by atoms with E-state index >= 15 is 0 Å². The Balaban J connectivity index is 1.69. The van der Waals surface area contributed by atoms with Crippen molar-refractivity contribution in [2.45, 2.75) is 104 Å². The van der Waals surface area contributed by atoms with Crippen LogP contribution in [0.3, 0.4) is 0 Å². The first kappa shape index (κ1) is 31.5. The molecule has 3 rings (SSSR count). The third-order valence-corrected chi connectivity index (χ3v) is 8.70. The first-order valence-electron chi connectivity index (χ1n) is 14.2. The SMILES string of the molecule is CC(C)C(Cc1nccs1)NC(=O)NC(C(=O)N1CCC[C@H]1C(=O)NC(CC1CCC1)C(=O)C(N)=O)C(C)(C)C. The van der Waals surface area contributed by atoms with E-state index < -0.39 is 47.2 Å². The van der Waals surface area contributed by atoms with Gasteiger partial charge in [0.2, 0.25) is 17.6 Å². The van der Waals surface area contributed by atoms with Gasteiger partial charge in [-0.15, -0.1) is 11.3 Å². The van der Waals surface area contributed by atoms with Crippen LogP contribution in [0.2, 0.25) is 0 Å². The van der Waals surface area contributed by atoms with Crippen LogP contribution in [0.5, 0.6) is 0 Å². The monoisotopic (exact) mass is 576 g/mol. The minimum Gasteiger partial charge on any atom is -0.363 e. The fourth-order valence-corrected chi connectivity index (χ4v) is 5.86. The number of Topliss-reactive ketones (excluding diaryl/α,β-unsaturated/α-hetero) is 1. The lowest BCUT2D eigenvalue weighted by Crippen LogP contribution is -2.60. The summed E-state index contributed by atoms with van der Waals surface area (Å²) in [6, 6.07) is -3.34. The molecule has 2 aliphatic rings. The van der Waals surface area contributed by atoms with E-state index in [2.05, 4.69) is 20.9 Å². The summed E-state index contributed by atoms with van der Waals surface area (Å²) in [5, 5.41) is 11.4. The molecule has 0 spiro atoms. The van der Waals surface area contributed by atoms with Crippen molar-refractivity contribution in [1.82, 2.24) is 25.8 Å². The number of primary amides is 1. The normalized spacial score (nSPS) is 19.9. The van der Waals surface area contributed by atoms with Crippen LogP contribution in [0, 0.1) is 17.3 Å². The third-order valence-electron chi connectivity index (χ3n) is 7.90. The van der Waals surface area contributed by atoms with Crippen molar-refractivity contribution in [3.8, 4) is 0 Å². The Kier molecular flexibility index (Phi) is 10.7. The number of hydrogen-bond acceptors (Lipinski definition) is 7. The number of rotatable bonds is 12. The summed E-state index contributed by atoms with van der Waals surface area (Å²) in [5.74, 6) is -2.35. The van der Waals surface area contributed by atoms with E-state index in [1.165, 1.54) is 16.2 Å². The molecule has 5 N–H and O–H groups in total. The number of thiazole rings is 1. The van der Waals surface area contributed by atoms with Crippen LogP contribution in [-0.4, -0.2) is 70.1 Å². The minimum atomic E-state index is -1.08. The lowest BCUT2D eigenvalue weighted by Gasteiger charge is -2.36. The summed E-state index contributed by atoms with van der Waals surface area (Å²) >= 11 is 1.53. The summed E-state index contributed by atoms with van der Waals surface area (Å²) in [6.07, 6.45) is 6.63. The van der Waals surface area contributed by atoms with Crippen LogP contribution >= 0.6 is 11.3 Å². The van der Waals surface area contributed by atoms with E-state index in [1.54, 1.807) is 6.20 Å². The zero-order valence-electron chi connectivity index (χ0n) is 24.2. The van der Waals surface area contributed by atoms with Gasteiger partial charge in [0, 0.05) is 30.6 Å². The van der Waals surface area contributed by atoms with Gasteiger partial charge < -0.3 is 26.6 Å². The number of amides is 5. The van der Waals surface area contributed by atoms with E-state index in [9.17, 15) is 24.0 Å². The number of likely N-dealkylation sites (tertiary alicyclic amines) is 1. The third kappa shape index (κ3) is 8.25. The van der Waals surface area contributed by atoms with Crippen LogP contribution < -0.4 is 21.7 Å². The second kappa shape index (κ2) is 13.6. The van der Waals surface area contributed by atoms with Crippen LogP contribution in [0.4, 0.5) is 4.79 Å². The van der Waals surface area contributed by atoms with Gasteiger partial charge >= 0.3 is 6.03 Å². The quantitative estimate of drug-likeness (QED) is 0.279. The fraction of sp³-hybridized carbons (Fsp3) is 0.714. The molecule has 0 aromatic carbocycles. The molecule has 3 unspecified atom stereocenters. The van der Waals surface area contributed by atoms with Gasteiger partial charge in [-0.25, -0.2) is 9.78 Å². The number of nitrogens with two attached hydrogens (primary N) is 1. The fourth-order valence-electron chi connectivity index (χ4n) is 5.19. The number of aromatic nitrogens is 1. The predicted molar refractivity (Wildman–Crippen MR) is 152 cm³/mol. The van der Waals surface area contributed by atoms with Crippen LogP contribution in [0.1, 0.15) is 78.2 Å². The van der Waals surface area contributed by atoms with Gasteiger partial charge in [0.15, 0.2) is 0 Å². The van der Waals surface area contributed by atoms with Crippen molar-refractivity contribution in [2.24, 2.45) is 23.0 Å². The maximum Gasteiger partial charge on any atom is 0.315 e. The number of urea groups is 1. The molecule has 1 aromatic heterocycles. The first-order chi connectivity index (χ1) is 18.8. The molecule has 0 radical (unpaired) electrons. The Morgan fingerprint density at radius 2 is 1.77 bits per heavy atom. The largest absolute Gasteiger partial charge is 0.363 e. The highest BCUT2D eigenvalue weighted by atomic mass is 32.1. The minimum absolute atomic E-state index is 0.140. The van der Waals surface area contributed by atoms with Crippen molar-refractivity contribution in [3.05, 3.63) is 16.6 Å². The second-order valence-corrected chi connectivity index (χ2v) is 13.4. The summed E-state index contributed by atoms with van der Waals surface area (Å²) < 4.78 is 0. The molecular weight excluding hydrogens is 532 g/mol. The van der Waals surface area contributed by atoms with Gasteiger partial charge in [0.25, 0.3) is 5.91 Å². The predicted octanol–water partition coefficient (Wildman–Crippen LogP) is 2.14. The smallest absolute Gasteiger partial charge is 0.315 e. The maximum absolute atomic E-state index is 13.8. The zero-order valence-corrected chi connectivity index (χ0v) is 25.0. The molecule has 4 atom stereocenters. The number of carbonyl (C=O) groups excluding carboxylic acids is 5. The highest BCUT2D eigenvalue weighted by Crippen LogP contribution is 2.31. The van der Waals surface area contributed by atoms with E-state index in [1.807, 2.05) is 40.0 Å². The van der Waals surface area contributed by atoms with E-state index in [0.717, 1.165) is 24.3 Å². The Labute approximate surface area is 240 Å². The van der Waals surface area contributed by atoms with Gasteiger partial charge in [-0.3, -0.25) is 19.2 Å². The van der Waals surface area contributed by atoms with Crippen LogP contribution in [0.15, 0.2) is 11.6 Å². The first-order valence-corrected chi connectivity index (χ1v) is 15.1. The molecule has 1 aliphatic heterocycles. The average Bonchev–Trinajstić information content (AvgIpc) is 3.54. The van der Waals surface area contributed by atoms with Crippen LogP contribution in [0.25, 0.3) is 0 Å². The van der Waals surface area contributed by atoms with Gasteiger partial charge in [-0.2, -0.15) is 0 Å². The summed E-state index contributed by atoms with van der Waals surface area (Å²) in [4.78, 5) is 70.2. The molecule has 2 fully saturated rings. The van der Waals surface area contributed by atoms with E-state index in [0.29, 0.717) is 32.2 Å². The number of ketones is 1. The van der Waals surface area contributed by atoms with Gasteiger partial charge in [0.1, 0.15) is 12.1 Å². The molecule has 11 nitrogen and oxygen atoms in total. The van der Waals surface area contributed by atoms with Gasteiger partial charge in [-0.1, -0.05) is 53.9 Å². The molecule has 222 valence electrons. The van der Waals surface area contributed by atoms with Crippen molar-refractivity contribution >= 4 is 40.9 Å². The molecule has 12 heteroatoms. The van der Waals surface area contributed by atoms with E-state index in [-0.39, 0.29) is 23.8 Å². The average molecular weight is 577 g/mol. The Bertz CT molecular complexity index is 1070. The molecule has 1 saturated heterocycles. The van der Waals surface area contributed by atoms with Crippen LogP contribution in [-0.2, 0) is 25.6 Å². The Hall–Kier alpha value is -3.02. The number of hydrogen-bond donors (Lipinski definition) is 4. The second-order valence-electron chi connectivity index (χ2n) is 12.4. The van der Waals surface area contributed by atoms with Crippen molar-refractivity contribution in [1.29, 1.82) is 0 Å². The number of nitrogens with one attached hydrogen (secondary N) is 3. The Morgan fingerprint density at radius 1 is 1.07 bits per heavy atom. The number of nitrogens with zero attached hydrogens (tertiary/aromatic N) is 2. The van der Waals surface area contributed by atoms with Gasteiger partial charge in [-0.05, 0) is 36.5 Å². The highest BCUT2D eigenvalue weighted by Gasteiger charge is 2.43. The Morgan fingerprint density at radius 3 is 2.30 bits per heavy atom. The lowest BCUT2D eigenvalue weighted by atomic mass is 9.80.